The summed E-state index contributed by atoms with van der Waals surface area (Å²) in [5, 5.41) is 0. The molecule has 0 radical (unpaired) electrons. The quantitative estimate of drug-likeness (QED) is 0.189. The van der Waals surface area contributed by atoms with E-state index in [9.17, 15) is 0 Å². The van der Waals surface area contributed by atoms with Crippen LogP contribution in [0.15, 0.2) is 109 Å². The van der Waals surface area contributed by atoms with Crippen LogP contribution in [0.4, 0.5) is 0 Å². The van der Waals surface area contributed by atoms with Crippen molar-refractivity contribution in [2.24, 2.45) is 11.5 Å². The minimum Gasteiger partial charge on any atom is -0.426 e. The van der Waals surface area contributed by atoms with Crippen molar-refractivity contribution in [1.29, 1.82) is 0 Å². The second kappa shape index (κ2) is 15.3. The van der Waals surface area contributed by atoms with E-state index in [1.807, 2.05) is 36.4 Å². The molecule has 4 aromatic carbocycles. The molecule has 0 aliphatic heterocycles. The van der Waals surface area contributed by atoms with E-state index in [2.05, 4.69) is 72.8 Å². The summed E-state index contributed by atoms with van der Waals surface area (Å²) in [7, 11) is 0. The Balaban J connectivity index is 1.28. The van der Waals surface area contributed by atoms with Crippen LogP contribution in [0, 0.1) is 0 Å². The molecule has 5 nitrogen and oxygen atoms in total. The highest BCUT2D eigenvalue weighted by Crippen LogP contribution is 2.05. The van der Waals surface area contributed by atoms with Gasteiger partial charge in [-0.1, -0.05) is 109 Å². The second-order valence-electron chi connectivity index (χ2n) is 9.19. The van der Waals surface area contributed by atoms with Crippen LogP contribution >= 0.6 is 0 Å². The van der Waals surface area contributed by atoms with Crippen molar-refractivity contribution < 1.29 is 14.0 Å². The summed E-state index contributed by atoms with van der Waals surface area (Å²) in [5.74, 6) is 0. The Kier molecular flexibility index (Phi) is 11.2. The average Bonchev–Trinajstić information content (AvgIpc) is 2.98. The van der Waals surface area contributed by atoms with Gasteiger partial charge in [-0.3, -0.25) is 0 Å². The van der Waals surface area contributed by atoms with E-state index >= 15 is 0 Å². The number of hydrogen-bond donors (Lipinski definition) is 2. The van der Waals surface area contributed by atoms with E-state index < -0.39 is 0 Å². The van der Waals surface area contributed by atoms with Gasteiger partial charge in [0.05, 0.1) is 13.2 Å². The lowest BCUT2D eigenvalue weighted by Crippen LogP contribution is -2.45. The van der Waals surface area contributed by atoms with Gasteiger partial charge in [0.25, 0.3) is 0 Å². The Labute approximate surface area is 227 Å². The minimum absolute atomic E-state index is 0.116. The van der Waals surface area contributed by atoms with Crippen LogP contribution in [-0.4, -0.2) is 46.7 Å². The van der Waals surface area contributed by atoms with Crippen molar-refractivity contribution in [3.63, 3.8) is 0 Å². The molecule has 0 atom stereocenters. The number of hydrogen-bond acceptors (Lipinski definition) is 5. The maximum atomic E-state index is 6.06. The van der Waals surface area contributed by atoms with Crippen LogP contribution in [0.25, 0.3) is 0 Å². The van der Waals surface area contributed by atoms with Gasteiger partial charge in [-0.25, -0.2) is 0 Å². The van der Waals surface area contributed by atoms with E-state index in [0.717, 1.165) is 33.8 Å². The lowest BCUT2D eigenvalue weighted by molar-refractivity contribution is 0.124. The summed E-state index contributed by atoms with van der Waals surface area (Å²) in [6.45, 7) is 3.00. The van der Waals surface area contributed by atoms with E-state index in [0.29, 0.717) is 39.5 Å². The molecule has 0 fully saturated rings. The molecule has 0 unspecified atom stereocenters. The molecule has 4 rings (SSSR count). The molecule has 0 saturated carbocycles. The highest BCUT2D eigenvalue weighted by molar-refractivity contribution is 6.80. The van der Waals surface area contributed by atoms with E-state index in [4.69, 9.17) is 25.5 Å². The van der Waals surface area contributed by atoms with Crippen LogP contribution in [0.3, 0.4) is 0 Å². The van der Waals surface area contributed by atoms with E-state index in [1.54, 1.807) is 0 Å². The highest BCUT2D eigenvalue weighted by Gasteiger charge is 2.21. The fourth-order valence-corrected chi connectivity index (χ4v) is 4.43. The van der Waals surface area contributed by atoms with E-state index in [-0.39, 0.29) is 13.8 Å². The molecule has 0 saturated heterocycles. The topological polar surface area (TPSA) is 79.7 Å². The van der Waals surface area contributed by atoms with Crippen molar-refractivity contribution in [3.8, 4) is 0 Å². The molecule has 0 spiro atoms. The molecule has 0 aromatic heterocycles. The highest BCUT2D eigenvalue weighted by atomic mass is 16.5. The molecule has 4 N–H and O–H groups in total. The largest absolute Gasteiger partial charge is 0.426 e. The monoisotopic (exact) mass is 506 g/mol. The second-order valence-corrected chi connectivity index (χ2v) is 9.19. The van der Waals surface area contributed by atoms with Gasteiger partial charge >= 0.3 is 13.8 Å². The lowest BCUT2D eigenvalue weighted by atomic mass is 9.55. The first-order valence-corrected chi connectivity index (χ1v) is 13.3. The smallest absolute Gasteiger partial charge is 0.361 e. The van der Waals surface area contributed by atoms with Crippen LogP contribution < -0.4 is 33.3 Å². The number of ether oxygens (including phenoxy) is 1. The molecular formula is C31H36B2N2O3. The lowest BCUT2D eigenvalue weighted by Gasteiger charge is -2.16. The zero-order valence-corrected chi connectivity index (χ0v) is 21.9. The summed E-state index contributed by atoms with van der Waals surface area (Å²) < 4.78 is 18.1. The third-order valence-corrected chi connectivity index (χ3v) is 6.38. The third kappa shape index (κ3) is 8.15. The summed E-state index contributed by atoms with van der Waals surface area (Å²) >= 11 is 0. The molecule has 0 heterocycles. The molecule has 4 aromatic rings. The zero-order chi connectivity index (χ0) is 26.4. The first-order chi connectivity index (χ1) is 18.8. The summed E-state index contributed by atoms with van der Waals surface area (Å²) in [5.41, 5.74) is 18.2. The Morgan fingerprint density at radius 3 is 1.34 bits per heavy atom. The summed E-state index contributed by atoms with van der Waals surface area (Å²) in [4.78, 5) is 0. The first kappa shape index (κ1) is 27.8. The fraction of sp³-hybridized carbons (Fsp3) is 0.226. The Bertz CT molecular complexity index is 1100. The van der Waals surface area contributed by atoms with Gasteiger partial charge in [0.2, 0.25) is 0 Å². The van der Waals surface area contributed by atoms with Gasteiger partial charge in [-0.05, 0) is 39.4 Å². The van der Waals surface area contributed by atoms with Crippen molar-refractivity contribution in [2.45, 2.75) is 13.0 Å². The minimum atomic E-state index is -0.125. The predicted molar refractivity (Wildman–Crippen MR) is 159 cm³/mol. The maximum Gasteiger partial charge on any atom is 0.361 e. The van der Waals surface area contributed by atoms with Crippen molar-refractivity contribution in [3.05, 3.63) is 120 Å². The van der Waals surface area contributed by atoms with Crippen LogP contribution in [0.2, 0.25) is 0 Å². The van der Waals surface area contributed by atoms with Gasteiger partial charge in [0.15, 0.2) is 0 Å². The van der Waals surface area contributed by atoms with Gasteiger partial charge in [-0.2, -0.15) is 0 Å². The molecule has 7 heteroatoms. The first-order valence-electron chi connectivity index (χ1n) is 13.3. The summed E-state index contributed by atoms with van der Waals surface area (Å²) in [6, 6.07) is 37.5. The number of rotatable bonds is 15. The predicted octanol–water partition coefficient (Wildman–Crippen LogP) is 1.61. The van der Waals surface area contributed by atoms with Gasteiger partial charge in [0.1, 0.15) is 0 Å². The van der Waals surface area contributed by atoms with Gasteiger partial charge in [-0.15, -0.1) is 0 Å². The normalized spacial score (nSPS) is 10.9. The third-order valence-electron chi connectivity index (χ3n) is 6.38. The average molecular weight is 506 g/mol. The van der Waals surface area contributed by atoms with Crippen LogP contribution in [-0.2, 0) is 27.1 Å². The molecular weight excluding hydrogens is 470 g/mol. The summed E-state index contributed by atoms with van der Waals surface area (Å²) in [6.07, 6.45) is 0.848. The van der Waals surface area contributed by atoms with Crippen molar-refractivity contribution >= 4 is 35.7 Å². The van der Waals surface area contributed by atoms with Crippen LogP contribution in [0.5, 0.6) is 0 Å². The Morgan fingerprint density at radius 2 is 0.895 bits per heavy atom. The standard InChI is InChI=1S/C31H36B2N2O3/c34-20-23-37-32(28-7-3-1-4-8-28)30-15-11-26(12-16-30)19-22-36-25-27-13-17-31(18-14-27)33(38-24-21-35)29-9-5-2-6-10-29/h1-18H,19-25,34-35H2. The molecule has 194 valence electrons. The Hall–Kier alpha value is -3.19. The van der Waals surface area contributed by atoms with Crippen molar-refractivity contribution in [1.82, 2.24) is 0 Å². The van der Waals surface area contributed by atoms with Crippen LogP contribution in [0.1, 0.15) is 11.1 Å². The Morgan fingerprint density at radius 1 is 0.474 bits per heavy atom. The number of nitrogens with two attached hydrogens (primary N) is 2. The fourth-order valence-electron chi connectivity index (χ4n) is 4.43. The van der Waals surface area contributed by atoms with Crippen molar-refractivity contribution in [2.75, 3.05) is 32.9 Å². The van der Waals surface area contributed by atoms with Gasteiger partial charge in [0, 0.05) is 26.3 Å². The number of benzene rings is 4. The van der Waals surface area contributed by atoms with E-state index in [1.165, 1.54) is 5.56 Å². The molecule has 0 amide bonds. The van der Waals surface area contributed by atoms with Gasteiger partial charge < -0.3 is 25.5 Å². The molecule has 0 aliphatic carbocycles. The zero-order valence-electron chi connectivity index (χ0n) is 21.9. The molecule has 0 bridgehead atoms. The SMILES string of the molecule is NCCOB(c1ccccc1)c1ccc(CCOCc2ccc(B(OCCN)c3ccccc3)cc2)cc1. The maximum absolute atomic E-state index is 6.06. The molecule has 0 aliphatic rings. The molecule has 38 heavy (non-hydrogen) atoms.